The molecular weight excluding hydrogens is 292 g/mol. The first-order valence-corrected chi connectivity index (χ1v) is 8.81. The Morgan fingerprint density at radius 2 is 2.19 bits per heavy atom. The van der Waals surface area contributed by atoms with Gasteiger partial charge in [0.1, 0.15) is 16.4 Å². The summed E-state index contributed by atoms with van der Waals surface area (Å²) in [5.41, 5.74) is -0.533. The van der Waals surface area contributed by atoms with Gasteiger partial charge in [-0.2, -0.15) is 0 Å². The predicted molar refractivity (Wildman–Crippen MR) is 77.5 cm³/mol. The second-order valence-corrected chi connectivity index (χ2v) is 7.91. The highest BCUT2D eigenvalue weighted by Gasteiger charge is 2.36. The van der Waals surface area contributed by atoms with Crippen LogP contribution in [0.15, 0.2) is 15.4 Å². The van der Waals surface area contributed by atoms with Crippen LogP contribution in [0.5, 0.6) is 0 Å². The van der Waals surface area contributed by atoms with E-state index in [0.29, 0.717) is 43.7 Å². The van der Waals surface area contributed by atoms with Crippen LogP contribution in [0.25, 0.3) is 0 Å². The molecule has 0 bridgehead atoms. The van der Waals surface area contributed by atoms with Crippen molar-refractivity contribution in [3.8, 4) is 0 Å². The smallest absolute Gasteiger partial charge is 0.244 e. The lowest BCUT2D eigenvalue weighted by atomic mass is 10.0. The van der Waals surface area contributed by atoms with Gasteiger partial charge in [0.05, 0.1) is 18.7 Å². The fourth-order valence-corrected chi connectivity index (χ4v) is 4.16. The minimum atomic E-state index is -3.59. The third-order valence-electron chi connectivity index (χ3n) is 3.95. The molecule has 0 amide bonds. The molecule has 0 spiro atoms. The van der Waals surface area contributed by atoms with Crippen molar-refractivity contribution in [1.29, 1.82) is 0 Å². The number of furan rings is 1. The highest BCUT2D eigenvalue weighted by molar-refractivity contribution is 7.89. The van der Waals surface area contributed by atoms with E-state index in [2.05, 4.69) is 10.0 Å². The largest absolute Gasteiger partial charge is 0.464 e. The molecule has 7 heteroatoms. The van der Waals surface area contributed by atoms with Crippen LogP contribution in [-0.2, 0) is 21.3 Å². The van der Waals surface area contributed by atoms with Crippen molar-refractivity contribution < 1.29 is 17.6 Å². The van der Waals surface area contributed by atoms with Crippen LogP contribution >= 0.6 is 0 Å². The van der Waals surface area contributed by atoms with Gasteiger partial charge in [-0.25, -0.2) is 13.1 Å². The third-order valence-corrected chi connectivity index (χ3v) is 5.70. The van der Waals surface area contributed by atoms with Gasteiger partial charge in [-0.1, -0.05) is 0 Å². The molecule has 1 atom stereocenters. The van der Waals surface area contributed by atoms with Crippen LogP contribution in [0.3, 0.4) is 0 Å². The van der Waals surface area contributed by atoms with Gasteiger partial charge in [0.25, 0.3) is 0 Å². The average Bonchev–Trinajstić information content (AvgIpc) is 3.01. The Balaban J connectivity index is 1.74. The Labute approximate surface area is 125 Å². The summed E-state index contributed by atoms with van der Waals surface area (Å²) >= 11 is 0. The Hall–Kier alpha value is -0.890. The number of sulfonamides is 1. The third kappa shape index (κ3) is 3.48. The molecule has 1 unspecified atom stereocenters. The molecule has 1 saturated heterocycles. The maximum absolute atomic E-state index is 12.5. The molecule has 0 radical (unpaired) electrons. The Bertz CT molecular complexity index is 613. The SMILES string of the molecule is Cc1oc(CNC2CC2)cc1S(=O)(=O)NC1(C)CCOC1. The van der Waals surface area contributed by atoms with Gasteiger partial charge in [-0.05, 0) is 33.1 Å². The van der Waals surface area contributed by atoms with Crippen LogP contribution in [0.1, 0.15) is 37.7 Å². The molecule has 118 valence electrons. The van der Waals surface area contributed by atoms with Gasteiger partial charge in [0.15, 0.2) is 0 Å². The standard InChI is InChI=1S/C14H22N2O4S/c1-10-13(7-12(20-10)8-15-11-3-4-11)21(17,18)16-14(2)5-6-19-9-14/h7,11,15-16H,3-6,8-9H2,1-2H3. The van der Waals surface area contributed by atoms with Gasteiger partial charge in [-0.15, -0.1) is 0 Å². The second kappa shape index (κ2) is 5.39. The first-order chi connectivity index (χ1) is 9.88. The van der Waals surface area contributed by atoms with Crippen LogP contribution in [0.4, 0.5) is 0 Å². The van der Waals surface area contributed by atoms with Crippen LogP contribution in [0, 0.1) is 6.92 Å². The zero-order chi connectivity index (χ0) is 15.1. The first kappa shape index (κ1) is 15.0. The second-order valence-electron chi connectivity index (χ2n) is 6.26. The van der Waals surface area contributed by atoms with E-state index in [1.165, 1.54) is 12.8 Å². The number of nitrogens with one attached hydrogen (secondary N) is 2. The molecule has 2 aliphatic rings. The maximum Gasteiger partial charge on any atom is 0.244 e. The normalized spacial score (nSPS) is 26.4. The van der Waals surface area contributed by atoms with E-state index in [-0.39, 0.29) is 4.90 Å². The zero-order valence-electron chi connectivity index (χ0n) is 12.4. The summed E-state index contributed by atoms with van der Waals surface area (Å²) in [6, 6.07) is 2.18. The van der Waals surface area contributed by atoms with Crippen molar-refractivity contribution in [3.05, 3.63) is 17.6 Å². The molecule has 6 nitrogen and oxygen atoms in total. The molecule has 1 saturated carbocycles. The average molecular weight is 314 g/mol. The lowest BCUT2D eigenvalue weighted by Crippen LogP contribution is -2.46. The summed E-state index contributed by atoms with van der Waals surface area (Å²) in [6.07, 6.45) is 3.05. The lowest BCUT2D eigenvalue weighted by molar-refractivity contribution is 0.178. The van der Waals surface area contributed by atoms with Crippen LogP contribution in [-0.4, -0.2) is 33.2 Å². The Morgan fingerprint density at radius 3 is 2.81 bits per heavy atom. The molecular formula is C14H22N2O4S. The van der Waals surface area contributed by atoms with Gasteiger partial charge in [0.2, 0.25) is 10.0 Å². The topological polar surface area (TPSA) is 80.6 Å². The molecule has 2 heterocycles. The highest BCUT2D eigenvalue weighted by atomic mass is 32.2. The van der Waals surface area contributed by atoms with Crippen molar-refractivity contribution >= 4 is 10.0 Å². The predicted octanol–water partition coefficient (Wildman–Crippen LogP) is 1.30. The summed E-state index contributed by atoms with van der Waals surface area (Å²) in [7, 11) is -3.59. The van der Waals surface area contributed by atoms with Crippen molar-refractivity contribution in [1.82, 2.24) is 10.0 Å². The van der Waals surface area contributed by atoms with E-state index in [4.69, 9.17) is 9.15 Å². The van der Waals surface area contributed by atoms with Gasteiger partial charge < -0.3 is 14.5 Å². The van der Waals surface area contributed by atoms with Crippen molar-refractivity contribution in [2.75, 3.05) is 13.2 Å². The van der Waals surface area contributed by atoms with Crippen molar-refractivity contribution in [2.24, 2.45) is 0 Å². The molecule has 0 aromatic carbocycles. The number of rotatable bonds is 6. The molecule has 3 rings (SSSR count). The molecule has 1 aliphatic heterocycles. The van der Waals surface area contributed by atoms with E-state index >= 15 is 0 Å². The molecule has 21 heavy (non-hydrogen) atoms. The summed E-state index contributed by atoms with van der Waals surface area (Å²) in [5.74, 6) is 1.09. The monoisotopic (exact) mass is 314 g/mol. The van der Waals surface area contributed by atoms with Gasteiger partial charge >= 0.3 is 0 Å². The molecule has 1 aromatic rings. The van der Waals surface area contributed by atoms with E-state index < -0.39 is 15.6 Å². The van der Waals surface area contributed by atoms with Crippen LogP contribution in [0.2, 0.25) is 0 Å². The number of hydrogen-bond acceptors (Lipinski definition) is 5. The molecule has 1 aromatic heterocycles. The van der Waals surface area contributed by atoms with Crippen molar-refractivity contribution in [2.45, 2.75) is 56.1 Å². The van der Waals surface area contributed by atoms with Gasteiger partial charge in [-0.3, -0.25) is 0 Å². The van der Waals surface area contributed by atoms with E-state index in [9.17, 15) is 8.42 Å². The lowest BCUT2D eigenvalue weighted by Gasteiger charge is -2.22. The minimum Gasteiger partial charge on any atom is -0.464 e. The molecule has 2 N–H and O–H groups in total. The summed E-state index contributed by atoms with van der Waals surface area (Å²) in [6.45, 7) is 5.10. The van der Waals surface area contributed by atoms with E-state index in [0.717, 1.165) is 0 Å². The fourth-order valence-electron chi connectivity index (χ4n) is 2.54. The van der Waals surface area contributed by atoms with Crippen LogP contribution < -0.4 is 10.0 Å². The minimum absolute atomic E-state index is 0.225. The number of ether oxygens (including phenoxy) is 1. The van der Waals surface area contributed by atoms with Gasteiger partial charge in [0, 0.05) is 18.7 Å². The van der Waals surface area contributed by atoms with Crippen molar-refractivity contribution in [3.63, 3.8) is 0 Å². The summed E-state index contributed by atoms with van der Waals surface area (Å²) in [4.78, 5) is 0.225. The maximum atomic E-state index is 12.5. The first-order valence-electron chi connectivity index (χ1n) is 7.32. The van der Waals surface area contributed by atoms with E-state index in [1.807, 2.05) is 6.92 Å². The quantitative estimate of drug-likeness (QED) is 0.827. The number of aryl methyl sites for hydroxylation is 1. The zero-order valence-corrected chi connectivity index (χ0v) is 13.3. The molecule has 1 aliphatic carbocycles. The summed E-state index contributed by atoms with van der Waals surface area (Å²) in [5, 5.41) is 3.32. The Morgan fingerprint density at radius 1 is 1.43 bits per heavy atom. The molecule has 2 fully saturated rings. The van der Waals surface area contributed by atoms with E-state index in [1.54, 1.807) is 13.0 Å². The highest BCUT2D eigenvalue weighted by Crippen LogP contribution is 2.26. The number of hydrogen-bond donors (Lipinski definition) is 2. The fraction of sp³-hybridized carbons (Fsp3) is 0.714. The summed E-state index contributed by atoms with van der Waals surface area (Å²) < 4.78 is 38.7. The Kier molecular flexibility index (Phi) is 3.85.